The Hall–Kier alpha value is -2.09. The smallest absolute Gasteiger partial charge is 0.411 e. The summed E-state index contributed by atoms with van der Waals surface area (Å²) in [5, 5.41) is 8.87. The van der Waals surface area contributed by atoms with Gasteiger partial charge < -0.3 is 14.7 Å². The molecule has 1 aliphatic heterocycles. The highest BCUT2D eigenvalue weighted by Gasteiger charge is 2.30. The lowest BCUT2D eigenvalue weighted by molar-refractivity contribution is -0.173. The van der Waals surface area contributed by atoms with Crippen molar-refractivity contribution in [1.29, 1.82) is 0 Å². The lowest BCUT2D eigenvalue weighted by Crippen LogP contribution is -2.31. The van der Waals surface area contributed by atoms with E-state index in [-0.39, 0.29) is 31.0 Å². The first kappa shape index (κ1) is 15.3. The molecule has 1 aromatic rings. The first-order valence-corrected chi connectivity index (χ1v) is 6.09. The number of anilines is 1. The number of benzene rings is 1. The number of halogens is 3. The van der Waals surface area contributed by atoms with Crippen LogP contribution in [0.5, 0.6) is 0 Å². The fraction of sp³-hybridized carbons (Fsp3) is 0.385. The van der Waals surface area contributed by atoms with Crippen LogP contribution in [0.1, 0.15) is 15.9 Å². The maximum Gasteiger partial charge on any atom is 0.411 e. The molecule has 0 aromatic heterocycles. The highest BCUT2D eigenvalue weighted by molar-refractivity contribution is 6.02. The number of alkyl halides is 3. The number of aromatic carboxylic acids is 1. The highest BCUT2D eigenvalue weighted by Crippen LogP contribution is 2.29. The first-order chi connectivity index (χ1) is 9.78. The van der Waals surface area contributed by atoms with E-state index in [2.05, 4.69) is 4.74 Å². The van der Waals surface area contributed by atoms with Crippen LogP contribution in [0.15, 0.2) is 18.2 Å². The molecule has 1 heterocycles. The maximum atomic E-state index is 11.9. The average Bonchev–Trinajstić information content (AvgIpc) is 2.68. The summed E-state index contributed by atoms with van der Waals surface area (Å²) in [4.78, 5) is 24.0. The van der Waals surface area contributed by atoms with Crippen LogP contribution in [-0.2, 0) is 16.0 Å². The van der Waals surface area contributed by atoms with Gasteiger partial charge in [0.2, 0.25) is 5.91 Å². The Kier molecular flexibility index (Phi) is 4.17. The summed E-state index contributed by atoms with van der Waals surface area (Å²) < 4.78 is 40.3. The Morgan fingerprint density at radius 2 is 2.10 bits per heavy atom. The van der Waals surface area contributed by atoms with Gasteiger partial charge in [-0.2, -0.15) is 13.2 Å². The minimum atomic E-state index is -4.40. The minimum Gasteiger partial charge on any atom is -0.478 e. The van der Waals surface area contributed by atoms with Crippen LogP contribution < -0.4 is 4.90 Å². The highest BCUT2D eigenvalue weighted by atomic mass is 19.4. The number of carboxylic acids is 1. The average molecular weight is 303 g/mol. The molecule has 0 unspecified atom stereocenters. The fourth-order valence-corrected chi connectivity index (χ4v) is 2.11. The number of fused-ring (bicyclic) bond motifs is 1. The van der Waals surface area contributed by atoms with Crippen molar-refractivity contribution < 1.29 is 32.6 Å². The summed E-state index contributed by atoms with van der Waals surface area (Å²) in [5.41, 5.74) is 1.13. The molecule has 0 spiro atoms. The van der Waals surface area contributed by atoms with E-state index in [1.807, 2.05) is 0 Å². The van der Waals surface area contributed by atoms with Crippen molar-refractivity contribution in [3.05, 3.63) is 29.3 Å². The van der Waals surface area contributed by atoms with E-state index in [1.54, 1.807) is 0 Å². The largest absolute Gasteiger partial charge is 0.478 e. The molecule has 0 fully saturated rings. The lowest BCUT2D eigenvalue weighted by atomic mass is 10.1. The van der Waals surface area contributed by atoms with Crippen molar-refractivity contribution in [1.82, 2.24) is 0 Å². The predicted octanol–water partition coefficient (Wildman–Crippen LogP) is 1.85. The molecular formula is C13H12F3NO4. The van der Waals surface area contributed by atoms with Crippen LogP contribution in [-0.4, -0.2) is 42.9 Å². The number of amides is 1. The molecule has 1 amide bonds. The molecule has 21 heavy (non-hydrogen) atoms. The Balaban J connectivity index is 2.00. The Labute approximate surface area is 117 Å². The zero-order valence-electron chi connectivity index (χ0n) is 10.8. The molecule has 0 radical (unpaired) electrons. The lowest BCUT2D eigenvalue weighted by Gasteiger charge is -2.18. The molecule has 0 atom stereocenters. The monoisotopic (exact) mass is 303 g/mol. The second-order valence-corrected chi connectivity index (χ2v) is 4.54. The van der Waals surface area contributed by atoms with Crippen LogP contribution in [0.3, 0.4) is 0 Å². The quantitative estimate of drug-likeness (QED) is 0.843. The van der Waals surface area contributed by atoms with Crippen LogP contribution in [0.4, 0.5) is 18.9 Å². The molecule has 2 rings (SSSR count). The van der Waals surface area contributed by atoms with Crippen molar-refractivity contribution in [3.63, 3.8) is 0 Å². The van der Waals surface area contributed by atoms with Gasteiger partial charge in [0, 0.05) is 12.2 Å². The number of carboxylic acid groups (broad SMARTS) is 1. The molecule has 5 nitrogen and oxygen atoms in total. The van der Waals surface area contributed by atoms with Gasteiger partial charge in [-0.05, 0) is 23.8 Å². The van der Waals surface area contributed by atoms with Crippen molar-refractivity contribution in [2.45, 2.75) is 12.6 Å². The zero-order valence-corrected chi connectivity index (χ0v) is 10.8. The number of hydrogen-bond acceptors (Lipinski definition) is 3. The van der Waals surface area contributed by atoms with Gasteiger partial charge in [0.25, 0.3) is 0 Å². The zero-order chi connectivity index (χ0) is 15.6. The van der Waals surface area contributed by atoms with Crippen molar-refractivity contribution in [2.24, 2.45) is 0 Å². The number of rotatable bonds is 5. The predicted molar refractivity (Wildman–Crippen MR) is 66.3 cm³/mol. The third-order valence-corrected chi connectivity index (χ3v) is 2.98. The van der Waals surface area contributed by atoms with Gasteiger partial charge >= 0.3 is 12.1 Å². The molecule has 1 aromatic carbocycles. The van der Waals surface area contributed by atoms with Gasteiger partial charge in [0.15, 0.2) is 0 Å². The number of carbonyl (C=O) groups is 2. The standard InChI is InChI=1S/C13H12F3NO4/c14-13(15,16)7-21-4-3-17-10-2-1-8(12(19)20)5-9(10)6-11(17)18/h1-2,5H,3-4,6-7H2,(H,19,20). The maximum absolute atomic E-state index is 11.9. The molecule has 8 heteroatoms. The van der Waals surface area contributed by atoms with E-state index in [0.29, 0.717) is 11.3 Å². The summed E-state index contributed by atoms with van der Waals surface area (Å²) in [5.74, 6) is -1.39. The minimum absolute atomic E-state index is 0.00562. The van der Waals surface area contributed by atoms with E-state index in [1.165, 1.54) is 23.1 Å². The molecule has 114 valence electrons. The number of hydrogen-bond donors (Lipinski definition) is 1. The van der Waals surface area contributed by atoms with E-state index in [0.717, 1.165) is 0 Å². The molecule has 0 aliphatic carbocycles. The van der Waals surface area contributed by atoms with E-state index in [9.17, 15) is 22.8 Å². The van der Waals surface area contributed by atoms with Gasteiger partial charge in [-0.3, -0.25) is 4.79 Å². The van der Waals surface area contributed by atoms with E-state index >= 15 is 0 Å². The van der Waals surface area contributed by atoms with E-state index < -0.39 is 18.8 Å². The van der Waals surface area contributed by atoms with Crippen LogP contribution in [0.2, 0.25) is 0 Å². The van der Waals surface area contributed by atoms with Crippen molar-refractivity contribution >= 4 is 17.6 Å². The Morgan fingerprint density at radius 3 is 2.71 bits per heavy atom. The second kappa shape index (κ2) is 5.72. The number of nitrogens with zero attached hydrogens (tertiary/aromatic N) is 1. The molecule has 1 aliphatic rings. The van der Waals surface area contributed by atoms with Gasteiger partial charge in [-0.25, -0.2) is 4.79 Å². The van der Waals surface area contributed by atoms with Gasteiger partial charge in [0.1, 0.15) is 6.61 Å². The van der Waals surface area contributed by atoms with Crippen LogP contribution in [0.25, 0.3) is 0 Å². The number of carbonyl (C=O) groups excluding carboxylic acids is 1. The van der Waals surface area contributed by atoms with Gasteiger partial charge in [0.05, 0.1) is 18.6 Å². The first-order valence-electron chi connectivity index (χ1n) is 6.09. The SMILES string of the molecule is O=C(O)c1ccc2c(c1)CC(=O)N2CCOCC(F)(F)F. The van der Waals surface area contributed by atoms with Crippen molar-refractivity contribution in [2.75, 3.05) is 24.7 Å². The third kappa shape index (κ3) is 3.72. The summed E-state index contributed by atoms with van der Waals surface area (Å²) in [6.07, 6.45) is -4.36. The third-order valence-electron chi connectivity index (χ3n) is 2.98. The molecular weight excluding hydrogens is 291 g/mol. The Morgan fingerprint density at radius 1 is 1.38 bits per heavy atom. The summed E-state index contributed by atoms with van der Waals surface area (Å²) in [7, 11) is 0. The van der Waals surface area contributed by atoms with Gasteiger partial charge in [-0.1, -0.05) is 0 Å². The molecule has 0 saturated heterocycles. The summed E-state index contributed by atoms with van der Waals surface area (Å²) >= 11 is 0. The summed E-state index contributed by atoms with van der Waals surface area (Å²) in [6.45, 7) is -1.61. The second-order valence-electron chi connectivity index (χ2n) is 4.54. The normalized spacial score (nSPS) is 14.4. The van der Waals surface area contributed by atoms with Crippen LogP contribution in [0, 0.1) is 0 Å². The van der Waals surface area contributed by atoms with E-state index in [4.69, 9.17) is 5.11 Å². The molecule has 0 bridgehead atoms. The topological polar surface area (TPSA) is 66.8 Å². The number of ether oxygens (including phenoxy) is 1. The molecule has 0 saturated carbocycles. The van der Waals surface area contributed by atoms with Crippen LogP contribution >= 0.6 is 0 Å². The fourth-order valence-electron chi connectivity index (χ4n) is 2.11. The van der Waals surface area contributed by atoms with Crippen molar-refractivity contribution in [3.8, 4) is 0 Å². The summed E-state index contributed by atoms with van der Waals surface area (Å²) in [6, 6.07) is 4.23. The Bertz CT molecular complexity index is 571. The van der Waals surface area contributed by atoms with Gasteiger partial charge in [-0.15, -0.1) is 0 Å². The molecule has 1 N–H and O–H groups in total.